The second-order valence-corrected chi connectivity index (χ2v) is 15.3. The zero-order valence-corrected chi connectivity index (χ0v) is 31.2. The van der Waals surface area contributed by atoms with E-state index in [1.165, 1.54) is 115 Å². The molecule has 0 atom stereocenters. The fourth-order valence-corrected chi connectivity index (χ4v) is 9.71. The van der Waals surface area contributed by atoms with Gasteiger partial charge in [0.1, 0.15) is 0 Å². The highest BCUT2D eigenvalue weighted by molar-refractivity contribution is 6.27. The third kappa shape index (κ3) is 4.84. The van der Waals surface area contributed by atoms with Gasteiger partial charge in [0.2, 0.25) is 0 Å². The van der Waals surface area contributed by atoms with Crippen LogP contribution in [0.1, 0.15) is 11.3 Å². The Bertz CT molecular complexity index is 3450. The standard InChI is InChI=1S/C55H36N2/c1-2-16-39(17-3-1)57-52-28-26-37(31-48(52)51-34-56-30-29-53(51)57)36-25-27-47-50(32-36)54(44-24-12-15-35-13-4-6-18-40(35)44)45-22-10-11-23-46(45)55(47)49-33-38-14-5-7-19-41(38)42-20-8-9-21-43(42)49/h1-33,56H,34H2. The fourth-order valence-electron chi connectivity index (χ4n) is 9.71. The molecule has 2 heterocycles. The first kappa shape index (κ1) is 31.9. The summed E-state index contributed by atoms with van der Waals surface area (Å²) >= 11 is 0. The van der Waals surface area contributed by atoms with E-state index in [-0.39, 0.29) is 0 Å². The summed E-state index contributed by atoms with van der Waals surface area (Å²) in [5.41, 5.74) is 12.4. The molecule has 0 amide bonds. The van der Waals surface area contributed by atoms with E-state index in [9.17, 15) is 0 Å². The van der Waals surface area contributed by atoms with Gasteiger partial charge in [-0.05, 0) is 136 Å². The van der Waals surface area contributed by atoms with Crippen molar-refractivity contribution in [2.75, 3.05) is 0 Å². The first-order valence-electron chi connectivity index (χ1n) is 19.8. The molecular weight excluding hydrogens is 689 g/mol. The minimum absolute atomic E-state index is 0.795. The molecule has 0 bridgehead atoms. The molecule has 0 fully saturated rings. The molecule has 1 aliphatic rings. The normalized spacial score (nSPS) is 12.6. The molecule has 12 rings (SSSR count). The molecular formula is C55H36N2. The van der Waals surface area contributed by atoms with Gasteiger partial charge in [-0.25, -0.2) is 0 Å². The molecule has 1 aromatic heterocycles. The van der Waals surface area contributed by atoms with Crippen molar-refractivity contribution in [3.05, 3.63) is 206 Å². The van der Waals surface area contributed by atoms with E-state index in [0.717, 1.165) is 6.54 Å². The molecule has 0 aliphatic carbocycles. The van der Waals surface area contributed by atoms with Gasteiger partial charge in [0.15, 0.2) is 0 Å². The molecule has 2 heteroatoms. The van der Waals surface area contributed by atoms with Crippen LogP contribution in [0.5, 0.6) is 0 Å². The van der Waals surface area contributed by atoms with Crippen LogP contribution in [0.25, 0.3) is 110 Å². The highest BCUT2D eigenvalue weighted by Crippen LogP contribution is 2.48. The van der Waals surface area contributed by atoms with Gasteiger partial charge in [-0.2, -0.15) is 0 Å². The van der Waals surface area contributed by atoms with Crippen LogP contribution in [0.15, 0.2) is 194 Å². The van der Waals surface area contributed by atoms with E-state index in [4.69, 9.17) is 0 Å². The maximum absolute atomic E-state index is 3.49. The summed E-state index contributed by atoms with van der Waals surface area (Å²) < 4.78 is 2.40. The summed E-state index contributed by atoms with van der Waals surface area (Å²) in [6.07, 6.45) is 4.28. The highest BCUT2D eigenvalue weighted by atomic mass is 15.0. The van der Waals surface area contributed by atoms with E-state index >= 15 is 0 Å². The summed E-state index contributed by atoms with van der Waals surface area (Å²) in [5.74, 6) is 0. The van der Waals surface area contributed by atoms with Gasteiger partial charge in [0.05, 0.1) is 11.2 Å². The van der Waals surface area contributed by atoms with Crippen LogP contribution < -0.4 is 5.32 Å². The number of aromatic nitrogens is 1. The SMILES string of the molecule is C1=Cc2c(c3cc(-c4ccc5c(-c6cc7ccccc7c7ccccc67)c6ccccc6c(-c6cccc7ccccc67)c5c4)ccc3n2-c2ccccc2)CN1. The summed E-state index contributed by atoms with van der Waals surface area (Å²) in [5, 5.41) is 17.4. The van der Waals surface area contributed by atoms with Crippen molar-refractivity contribution in [1.29, 1.82) is 0 Å². The van der Waals surface area contributed by atoms with Gasteiger partial charge in [-0.3, -0.25) is 0 Å². The van der Waals surface area contributed by atoms with Crippen molar-refractivity contribution in [1.82, 2.24) is 9.88 Å². The molecule has 10 aromatic carbocycles. The Morgan fingerprint density at radius 1 is 0.386 bits per heavy atom. The molecule has 11 aromatic rings. The highest BCUT2D eigenvalue weighted by Gasteiger charge is 2.22. The van der Waals surface area contributed by atoms with Crippen molar-refractivity contribution < 1.29 is 0 Å². The Morgan fingerprint density at radius 3 is 1.79 bits per heavy atom. The zero-order valence-electron chi connectivity index (χ0n) is 31.2. The lowest BCUT2D eigenvalue weighted by atomic mass is 9.82. The van der Waals surface area contributed by atoms with Gasteiger partial charge in [-0.15, -0.1) is 0 Å². The van der Waals surface area contributed by atoms with Crippen LogP contribution in [-0.2, 0) is 6.54 Å². The third-order valence-corrected chi connectivity index (χ3v) is 12.2. The number of fused-ring (bicyclic) bond motifs is 9. The Kier molecular flexibility index (Phi) is 7.02. The second-order valence-electron chi connectivity index (χ2n) is 15.3. The monoisotopic (exact) mass is 724 g/mol. The van der Waals surface area contributed by atoms with Crippen molar-refractivity contribution >= 4 is 70.8 Å². The Hall–Kier alpha value is -7.42. The summed E-state index contributed by atoms with van der Waals surface area (Å²) in [7, 11) is 0. The molecule has 0 spiro atoms. The Labute approximate surface area is 330 Å². The molecule has 1 aliphatic heterocycles. The minimum Gasteiger partial charge on any atom is -0.387 e. The predicted molar refractivity (Wildman–Crippen MR) is 243 cm³/mol. The third-order valence-electron chi connectivity index (χ3n) is 12.2. The smallest absolute Gasteiger partial charge is 0.0538 e. The average Bonchev–Trinajstić information content (AvgIpc) is 3.62. The number of rotatable bonds is 4. The van der Waals surface area contributed by atoms with Crippen LogP contribution in [-0.4, -0.2) is 4.57 Å². The van der Waals surface area contributed by atoms with E-state index in [1.807, 2.05) is 0 Å². The first-order chi connectivity index (χ1) is 28.3. The van der Waals surface area contributed by atoms with Crippen LogP contribution in [0.3, 0.4) is 0 Å². The Balaban J connectivity index is 1.19. The summed E-state index contributed by atoms with van der Waals surface area (Å²) in [6, 6.07) is 69.7. The molecule has 0 saturated heterocycles. The van der Waals surface area contributed by atoms with Crippen LogP contribution in [0.4, 0.5) is 0 Å². The largest absolute Gasteiger partial charge is 0.387 e. The van der Waals surface area contributed by atoms with Gasteiger partial charge in [0, 0.05) is 23.2 Å². The van der Waals surface area contributed by atoms with Crippen molar-refractivity contribution in [3.8, 4) is 39.1 Å². The van der Waals surface area contributed by atoms with Gasteiger partial charge < -0.3 is 9.88 Å². The maximum atomic E-state index is 3.49. The predicted octanol–water partition coefficient (Wildman–Crippen LogP) is 14.5. The lowest BCUT2D eigenvalue weighted by Crippen LogP contribution is -2.10. The van der Waals surface area contributed by atoms with Gasteiger partial charge >= 0.3 is 0 Å². The van der Waals surface area contributed by atoms with Gasteiger partial charge in [0.25, 0.3) is 0 Å². The number of nitrogens with zero attached hydrogens (tertiary/aromatic N) is 1. The van der Waals surface area contributed by atoms with Crippen molar-refractivity contribution in [2.45, 2.75) is 6.54 Å². The summed E-state index contributed by atoms with van der Waals surface area (Å²) in [4.78, 5) is 0. The number of hydrogen-bond donors (Lipinski definition) is 1. The van der Waals surface area contributed by atoms with Crippen molar-refractivity contribution in [2.24, 2.45) is 0 Å². The topological polar surface area (TPSA) is 17.0 Å². The molecule has 0 radical (unpaired) electrons. The minimum atomic E-state index is 0.795. The second kappa shape index (κ2) is 12.6. The van der Waals surface area contributed by atoms with Crippen LogP contribution in [0, 0.1) is 0 Å². The first-order valence-corrected chi connectivity index (χ1v) is 19.8. The van der Waals surface area contributed by atoms with E-state index in [1.54, 1.807) is 0 Å². The van der Waals surface area contributed by atoms with E-state index in [0.29, 0.717) is 0 Å². The average molecular weight is 725 g/mol. The van der Waals surface area contributed by atoms with E-state index < -0.39 is 0 Å². The van der Waals surface area contributed by atoms with Crippen molar-refractivity contribution in [3.63, 3.8) is 0 Å². The van der Waals surface area contributed by atoms with E-state index in [2.05, 4.69) is 210 Å². The molecule has 2 nitrogen and oxygen atoms in total. The number of benzene rings is 10. The quantitative estimate of drug-likeness (QED) is 0.141. The summed E-state index contributed by atoms with van der Waals surface area (Å²) in [6.45, 7) is 0.795. The number of para-hydroxylation sites is 1. The zero-order chi connectivity index (χ0) is 37.5. The molecule has 0 saturated carbocycles. The maximum Gasteiger partial charge on any atom is 0.0538 e. The van der Waals surface area contributed by atoms with Crippen LogP contribution in [0.2, 0.25) is 0 Å². The molecule has 1 N–H and O–H groups in total. The molecule has 0 unspecified atom stereocenters. The Morgan fingerprint density at radius 2 is 0.982 bits per heavy atom. The fraction of sp³-hybridized carbons (Fsp3) is 0.0182. The molecule has 266 valence electrons. The lowest BCUT2D eigenvalue weighted by molar-refractivity contribution is 0.855. The number of nitrogens with one attached hydrogen (secondary N) is 1. The van der Waals surface area contributed by atoms with Crippen LogP contribution >= 0.6 is 0 Å². The molecule has 57 heavy (non-hydrogen) atoms. The number of hydrogen-bond acceptors (Lipinski definition) is 1. The lowest BCUT2D eigenvalue weighted by Gasteiger charge is -2.21. The van der Waals surface area contributed by atoms with Gasteiger partial charge in [-0.1, -0.05) is 152 Å².